The van der Waals surface area contributed by atoms with Gasteiger partial charge in [0.25, 0.3) is 0 Å². The SMILES string of the molecule is Cc1cc(CCCC(=O)NCC(O)CC(C)C)c(C)s1. The number of aryl methyl sites for hydroxylation is 3. The molecule has 20 heavy (non-hydrogen) atoms. The molecule has 0 radical (unpaired) electrons. The Morgan fingerprint density at radius 1 is 1.40 bits per heavy atom. The summed E-state index contributed by atoms with van der Waals surface area (Å²) < 4.78 is 0. The van der Waals surface area contributed by atoms with E-state index in [1.165, 1.54) is 15.3 Å². The molecule has 1 aromatic heterocycles. The molecule has 1 aromatic rings. The summed E-state index contributed by atoms with van der Waals surface area (Å²) in [5, 5.41) is 12.5. The van der Waals surface area contributed by atoms with Crippen LogP contribution in [0.3, 0.4) is 0 Å². The zero-order valence-electron chi connectivity index (χ0n) is 13.0. The first kappa shape index (κ1) is 17.2. The largest absolute Gasteiger partial charge is 0.391 e. The standard InChI is InChI=1S/C16H27NO2S/c1-11(2)8-15(18)10-17-16(19)7-5-6-14-9-12(3)20-13(14)4/h9,11,15,18H,5-8,10H2,1-4H3,(H,17,19). The fraction of sp³-hybridized carbons (Fsp3) is 0.688. The van der Waals surface area contributed by atoms with E-state index >= 15 is 0 Å². The van der Waals surface area contributed by atoms with Gasteiger partial charge in [-0.05, 0) is 50.7 Å². The highest BCUT2D eigenvalue weighted by Gasteiger charge is 2.09. The smallest absolute Gasteiger partial charge is 0.220 e. The molecule has 0 aliphatic heterocycles. The minimum Gasteiger partial charge on any atom is -0.391 e. The first-order valence-corrected chi connectivity index (χ1v) is 8.20. The maximum Gasteiger partial charge on any atom is 0.220 e. The summed E-state index contributed by atoms with van der Waals surface area (Å²) >= 11 is 1.81. The van der Waals surface area contributed by atoms with Crippen molar-refractivity contribution in [1.29, 1.82) is 0 Å². The zero-order chi connectivity index (χ0) is 15.1. The molecule has 0 aliphatic rings. The molecule has 0 saturated heterocycles. The van der Waals surface area contributed by atoms with E-state index in [0.29, 0.717) is 18.9 Å². The van der Waals surface area contributed by atoms with Crippen molar-refractivity contribution in [3.63, 3.8) is 0 Å². The van der Waals surface area contributed by atoms with Crippen LogP contribution in [0.5, 0.6) is 0 Å². The van der Waals surface area contributed by atoms with Crippen molar-refractivity contribution in [2.24, 2.45) is 5.92 Å². The van der Waals surface area contributed by atoms with Gasteiger partial charge in [0, 0.05) is 22.7 Å². The number of carbonyl (C=O) groups is 1. The van der Waals surface area contributed by atoms with Gasteiger partial charge in [-0.25, -0.2) is 0 Å². The van der Waals surface area contributed by atoms with Crippen LogP contribution < -0.4 is 5.32 Å². The summed E-state index contributed by atoms with van der Waals surface area (Å²) in [5.74, 6) is 0.490. The number of thiophene rings is 1. The number of aliphatic hydroxyl groups excluding tert-OH is 1. The van der Waals surface area contributed by atoms with Crippen molar-refractivity contribution in [3.05, 3.63) is 21.4 Å². The van der Waals surface area contributed by atoms with E-state index in [-0.39, 0.29) is 5.91 Å². The number of rotatable bonds is 8. The van der Waals surface area contributed by atoms with Gasteiger partial charge < -0.3 is 10.4 Å². The molecule has 3 nitrogen and oxygen atoms in total. The van der Waals surface area contributed by atoms with Crippen LogP contribution >= 0.6 is 11.3 Å². The molecule has 1 heterocycles. The lowest BCUT2D eigenvalue weighted by Gasteiger charge is -2.13. The third-order valence-corrected chi connectivity index (χ3v) is 4.28. The number of carbonyl (C=O) groups excluding carboxylic acids is 1. The van der Waals surface area contributed by atoms with Crippen LogP contribution in [-0.2, 0) is 11.2 Å². The second-order valence-electron chi connectivity index (χ2n) is 5.88. The van der Waals surface area contributed by atoms with E-state index in [2.05, 4.69) is 39.1 Å². The molecule has 1 rings (SSSR count). The Kier molecular flexibility index (Phi) is 7.24. The van der Waals surface area contributed by atoms with Gasteiger partial charge in [0.15, 0.2) is 0 Å². The van der Waals surface area contributed by atoms with Crippen LogP contribution in [0, 0.1) is 19.8 Å². The summed E-state index contributed by atoms with van der Waals surface area (Å²) in [6.45, 7) is 8.75. The minimum absolute atomic E-state index is 0.0393. The molecule has 4 heteroatoms. The van der Waals surface area contributed by atoms with Crippen LogP contribution in [0.25, 0.3) is 0 Å². The Morgan fingerprint density at radius 2 is 2.10 bits per heavy atom. The van der Waals surface area contributed by atoms with Crippen molar-refractivity contribution in [1.82, 2.24) is 5.32 Å². The lowest BCUT2D eigenvalue weighted by Crippen LogP contribution is -2.32. The van der Waals surface area contributed by atoms with Crippen LogP contribution in [0.2, 0.25) is 0 Å². The monoisotopic (exact) mass is 297 g/mol. The van der Waals surface area contributed by atoms with Gasteiger partial charge in [0.1, 0.15) is 0 Å². The van der Waals surface area contributed by atoms with Crippen LogP contribution in [0.4, 0.5) is 0 Å². The van der Waals surface area contributed by atoms with Crippen LogP contribution in [0.15, 0.2) is 6.07 Å². The average molecular weight is 297 g/mol. The first-order valence-electron chi connectivity index (χ1n) is 7.39. The normalized spacial score (nSPS) is 12.7. The second kappa shape index (κ2) is 8.42. The molecule has 0 spiro atoms. The van der Waals surface area contributed by atoms with E-state index in [9.17, 15) is 9.90 Å². The lowest BCUT2D eigenvalue weighted by atomic mass is 10.1. The van der Waals surface area contributed by atoms with E-state index < -0.39 is 6.10 Å². The lowest BCUT2D eigenvalue weighted by molar-refractivity contribution is -0.121. The maximum atomic E-state index is 11.7. The Bertz CT molecular complexity index is 426. The summed E-state index contributed by atoms with van der Waals surface area (Å²) in [5.41, 5.74) is 1.36. The van der Waals surface area contributed by atoms with E-state index in [4.69, 9.17) is 0 Å². The minimum atomic E-state index is -0.430. The van der Waals surface area contributed by atoms with Gasteiger partial charge in [-0.3, -0.25) is 4.79 Å². The van der Waals surface area contributed by atoms with E-state index in [1.54, 1.807) is 0 Å². The van der Waals surface area contributed by atoms with Gasteiger partial charge in [-0.15, -0.1) is 11.3 Å². The molecule has 0 aliphatic carbocycles. The molecular formula is C16H27NO2S. The summed E-state index contributed by atoms with van der Waals surface area (Å²) in [6.07, 6.45) is 2.65. The fourth-order valence-electron chi connectivity index (χ4n) is 2.32. The number of hydrogen-bond donors (Lipinski definition) is 2. The highest BCUT2D eigenvalue weighted by atomic mass is 32.1. The highest BCUT2D eigenvalue weighted by Crippen LogP contribution is 2.22. The Balaban J connectivity index is 2.19. The number of hydrogen-bond acceptors (Lipinski definition) is 3. The van der Waals surface area contributed by atoms with Gasteiger partial charge >= 0.3 is 0 Å². The molecule has 0 fully saturated rings. The zero-order valence-corrected chi connectivity index (χ0v) is 13.8. The summed E-state index contributed by atoms with van der Waals surface area (Å²) in [4.78, 5) is 14.4. The topological polar surface area (TPSA) is 49.3 Å². The molecule has 1 atom stereocenters. The molecule has 0 aromatic carbocycles. The second-order valence-corrected chi connectivity index (χ2v) is 7.34. The fourth-order valence-corrected chi connectivity index (χ4v) is 3.29. The average Bonchev–Trinajstić information content (AvgIpc) is 2.64. The van der Waals surface area contributed by atoms with Crippen molar-refractivity contribution < 1.29 is 9.90 Å². The molecule has 0 saturated carbocycles. The number of amides is 1. The predicted molar refractivity (Wildman–Crippen MR) is 85.2 cm³/mol. The van der Waals surface area contributed by atoms with Crippen molar-refractivity contribution in [3.8, 4) is 0 Å². The number of aliphatic hydroxyl groups is 1. The number of nitrogens with one attached hydrogen (secondary N) is 1. The Morgan fingerprint density at radius 3 is 2.65 bits per heavy atom. The third-order valence-electron chi connectivity index (χ3n) is 3.27. The van der Waals surface area contributed by atoms with Crippen molar-refractivity contribution >= 4 is 17.2 Å². The molecule has 0 bridgehead atoms. The Hall–Kier alpha value is -0.870. The van der Waals surface area contributed by atoms with Crippen molar-refractivity contribution in [2.75, 3.05) is 6.54 Å². The van der Waals surface area contributed by atoms with E-state index in [1.807, 2.05) is 11.3 Å². The maximum absolute atomic E-state index is 11.7. The third kappa shape index (κ3) is 6.53. The van der Waals surface area contributed by atoms with Gasteiger partial charge in [-0.1, -0.05) is 13.8 Å². The highest BCUT2D eigenvalue weighted by molar-refractivity contribution is 7.12. The molecule has 1 amide bonds. The van der Waals surface area contributed by atoms with E-state index in [0.717, 1.165) is 19.3 Å². The Labute approximate surface area is 126 Å². The van der Waals surface area contributed by atoms with Crippen molar-refractivity contribution in [2.45, 2.75) is 59.5 Å². The molecule has 114 valence electrons. The molecule has 2 N–H and O–H groups in total. The predicted octanol–water partition coefficient (Wildman–Crippen LogP) is 3.21. The van der Waals surface area contributed by atoms with Gasteiger partial charge in [-0.2, -0.15) is 0 Å². The summed E-state index contributed by atoms with van der Waals surface area (Å²) in [6, 6.07) is 2.21. The van der Waals surface area contributed by atoms with Gasteiger partial charge in [0.2, 0.25) is 5.91 Å². The molecule has 1 unspecified atom stereocenters. The summed E-state index contributed by atoms with van der Waals surface area (Å²) in [7, 11) is 0. The van der Waals surface area contributed by atoms with Crippen LogP contribution in [-0.4, -0.2) is 23.7 Å². The van der Waals surface area contributed by atoms with Crippen LogP contribution in [0.1, 0.15) is 48.4 Å². The van der Waals surface area contributed by atoms with Gasteiger partial charge in [0.05, 0.1) is 6.10 Å². The quantitative estimate of drug-likeness (QED) is 0.774. The molecular weight excluding hydrogens is 270 g/mol. The first-order chi connectivity index (χ1) is 9.38.